The van der Waals surface area contributed by atoms with E-state index in [0.717, 1.165) is 25.6 Å². The number of hydrogen-bond acceptors (Lipinski definition) is 3. The molecule has 1 aliphatic heterocycles. The molecule has 1 aliphatic rings. The van der Waals surface area contributed by atoms with Gasteiger partial charge in [0.1, 0.15) is 0 Å². The van der Waals surface area contributed by atoms with Gasteiger partial charge in [-0.05, 0) is 58.2 Å². The summed E-state index contributed by atoms with van der Waals surface area (Å²) in [6, 6.07) is 0.853. The van der Waals surface area contributed by atoms with Crippen LogP contribution in [0.5, 0.6) is 0 Å². The van der Waals surface area contributed by atoms with Crippen molar-refractivity contribution < 1.29 is 4.79 Å². The number of nitrogens with one attached hydrogen (secondary N) is 2. The first-order valence-electron chi connectivity index (χ1n) is 8.19. The van der Waals surface area contributed by atoms with Gasteiger partial charge in [-0.2, -0.15) is 0 Å². The van der Waals surface area contributed by atoms with Crippen LogP contribution in [0.15, 0.2) is 0 Å². The SMILES string of the molecule is CCNC(C)C1CCN(CC(=O)NC(C)C(C)C)CC1. The summed E-state index contributed by atoms with van der Waals surface area (Å²) in [4.78, 5) is 14.3. The molecule has 4 heteroatoms. The lowest BCUT2D eigenvalue weighted by Gasteiger charge is -2.35. The van der Waals surface area contributed by atoms with E-state index in [9.17, 15) is 4.79 Å². The zero-order valence-electron chi connectivity index (χ0n) is 13.9. The summed E-state index contributed by atoms with van der Waals surface area (Å²) in [5, 5.41) is 6.60. The molecule has 0 aromatic carbocycles. The van der Waals surface area contributed by atoms with Gasteiger partial charge in [0.05, 0.1) is 6.54 Å². The van der Waals surface area contributed by atoms with E-state index in [1.54, 1.807) is 0 Å². The lowest BCUT2D eigenvalue weighted by molar-refractivity contribution is -0.123. The van der Waals surface area contributed by atoms with Gasteiger partial charge in [0.2, 0.25) is 5.91 Å². The fraction of sp³-hybridized carbons (Fsp3) is 0.938. The van der Waals surface area contributed by atoms with E-state index < -0.39 is 0 Å². The molecule has 1 fully saturated rings. The zero-order chi connectivity index (χ0) is 15.1. The van der Waals surface area contributed by atoms with Crippen molar-refractivity contribution >= 4 is 5.91 Å². The molecule has 1 heterocycles. The van der Waals surface area contributed by atoms with E-state index in [0.29, 0.717) is 18.5 Å². The molecule has 118 valence electrons. The minimum atomic E-state index is 0.171. The molecule has 2 atom stereocenters. The highest BCUT2D eigenvalue weighted by Gasteiger charge is 2.24. The molecule has 2 unspecified atom stereocenters. The summed E-state index contributed by atoms with van der Waals surface area (Å²) in [6.07, 6.45) is 2.39. The molecule has 0 aromatic heterocycles. The van der Waals surface area contributed by atoms with Crippen LogP contribution in [0.4, 0.5) is 0 Å². The Kier molecular flexibility index (Phi) is 7.52. The number of rotatable bonds is 7. The van der Waals surface area contributed by atoms with Gasteiger partial charge in [0.25, 0.3) is 0 Å². The van der Waals surface area contributed by atoms with Gasteiger partial charge < -0.3 is 10.6 Å². The van der Waals surface area contributed by atoms with Gasteiger partial charge in [-0.15, -0.1) is 0 Å². The maximum atomic E-state index is 12.0. The normalized spacial score (nSPS) is 20.9. The summed E-state index contributed by atoms with van der Waals surface area (Å²) in [5.41, 5.74) is 0. The monoisotopic (exact) mass is 283 g/mol. The Morgan fingerprint density at radius 3 is 2.30 bits per heavy atom. The van der Waals surface area contributed by atoms with Crippen LogP contribution in [0, 0.1) is 11.8 Å². The molecule has 4 nitrogen and oxygen atoms in total. The molecule has 0 radical (unpaired) electrons. The molecular weight excluding hydrogens is 250 g/mol. The fourth-order valence-electron chi connectivity index (χ4n) is 2.77. The van der Waals surface area contributed by atoms with E-state index in [1.807, 2.05) is 0 Å². The Hall–Kier alpha value is -0.610. The third-order valence-corrected chi connectivity index (χ3v) is 4.62. The highest BCUT2D eigenvalue weighted by atomic mass is 16.2. The molecule has 2 N–H and O–H groups in total. The number of hydrogen-bond donors (Lipinski definition) is 2. The van der Waals surface area contributed by atoms with Gasteiger partial charge in [0, 0.05) is 12.1 Å². The number of amides is 1. The van der Waals surface area contributed by atoms with E-state index >= 15 is 0 Å². The first-order chi connectivity index (χ1) is 9.43. The minimum absolute atomic E-state index is 0.171. The van der Waals surface area contributed by atoms with Crippen LogP contribution in [-0.2, 0) is 4.79 Å². The maximum Gasteiger partial charge on any atom is 0.234 e. The molecule has 0 aromatic rings. The number of piperidine rings is 1. The zero-order valence-corrected chi connectivity index (χ0v) is 13.9. The van der Waals surface area contributed by atoms with Crippen molar-refractivity contribution in [2.75, 3.05) is 26.2 Å². The van der Waals surface area contributed by atoms with Crippen LogP contribution in [0.3, 0.4) is 0 Å². The van der Waals surface area contributed by atoms with Crippen LogP contribution in [-0.4, -0.2) is 49.1 Å². The topological polar surface area (TPSA) is 44.4 Å². The largest absolute Gasteiger partial charge is 0.352 e. The van der Waals surface area contributed by atoms with Crippen LogP contribution < -0.4 is 10.6 Å². The Bertz CT molecular complexity index is 285. The first kappa shape index (κ1) is 17.4. The molecule has 1 amide bonds. The highest BCUT2D eigenvalue weighted by Crippen LogP contribution is 2.20. The van der Waals surface area contributed by atoms with Crippen molar-refractivity contribution in [1.82, 2.24) is 15.5 Å². The van der Waals surface area contributed by atoms with Gasteiger partial charge in [-0.25, -0.2) is 0 Å². The average Bonchev–Trinajstić information content (AvgIpc) is 2.39. The van der Waals surface area contributed by atoms with Crippen LogP contribution in [0.1, 0.15) is 47.5 Å². The second kappa shape index (κ2) is 8.63. The summed E-state index contributed by atoms with van der Waals surface area (Å²) in [7, 11) is 0. The first-order valence-corrected chi connectivity index (χ1v) is 8.19. The molecular formula is C16H33N3O. The molecule has 1 saturated heterocycles. The fourth-order valence-corrected chi connectivity index (χ4v) is 2.77. The number of likely N-dealkylation sites (tertiary alicyclic amines) is 1. The quantitative estimate of drug-likeness (QED) is 0.749. The van der Waals surface area contributed by atoms with Crippen LogP contribution in [0.25, 0.3) is 0 Å². The number of nitrogens with zero attached hydrogens (tertiary/aromatic N) is 1. The van der Waals surface area contributed by atoms with Gasteiger partial charge in [-0.3, -0.25) is 9.69 Å². The molecule has 0 aliphatic carbocycles. The van der Waals surface area contributed by atoms with E-state index in [2.05, 4.69) is 50.2 Å². The third-order valence-electron chi connectivity index (χ3n) is 4.62. The predicted octanol–water partition coefficient (Wildman–Crippen LogP) is 1.86. The third kappa shape index (κ3) is 5.80. The molecule has 0 saturated carbocycles. The Morgan fingerprint density at radius 1 is 1.20 bits per heavy atom. The summed E-state index contributed by atoms with van der Waals surface area (Å²) < 4.78 is 0. The van der Waals surface area contributed by atoms with Crippen molar-refractivity contribution in [2.24, 2.45) is 11.8 Å². The second-order valence-corrected chi connectivity index (χ2v) is 6.56. The molecule has 0 spiro atoms. The Balaban J connectivity index is 2.26. The van der Waals surface area contributed by atoms with Gasteiger partial charge in [0.15, 0.2) is 0 Å². The van der Waals surface area contributed by atoms with E-state index in [1.165, 1.54) is 12.8 Å². The van der Waals surface area contributed by atoms with Crippen molar-refractivity contribution in [1.29, 1.82) is 0 Å². The van der Waals surface area contributed by atoms with Crippen molar-refractivity contribution in [3.63, 3.8) is 0 Å². The van der Waals surface area contributed by atoms with Crippen molar-refractivity contribution in [3.05, 3.63) is 0 Å². The highest BCUT2D eigenvalue weighted by molar-refractivity contribution is 5.78. The maximum absolute atomic E-state index is 12.0. The van der Waals surface area contributed by atoms with E-state index in [4.69, 9.17) is 0 Å². The summed E-state index contributed by atoms with van der Waals surface area (Å²) in [6.45, 7) is 14.5. The second-order valence-electron chi connectivity index (χ2n) is 6.56. The summed E-state index contributed by atoms with van der Waals surface area (Å²) >= 11 is 0. The predicted molar refractivity (Wildman–Crippen MR) is 84.7 cm³/mol. The standard InChI is InChI=1S/C16H33N3O/c1-6-17-14(5)15-7-9-19(10-8-15)11-16(20)18-13(4)12(2)3/h12-15,17H,6-11H2,1-5H3,(H,18,20). The van der Waals surface area contributed by atoms with Gasteiger partial charge >= 0.3 is 0 Å². The Labute approximate surface area is 124 Å². The minimum Gasteiger partial charge on any atom is -0.352 e. The average molecular weight is 283 g/mol. The van der Waals surface area contributed by atoms with Crippen LogP contribution in [0.2, 0.25) is 0 Å². The molecule has 20 heavy (non-hydrogen) atoms. The summed E-state index contributed by atoms with van der Waals surface area (Å²) in [5.74, 6) is 1.42. The van der Waals surface area contributed by atoms with Gasteiger partial charge in [-0.1, -0.05) is 20.8 Å². The van der Waals surface area contributed by atoms with E-state index in [-0.39, 0.29) is 11.9 Å². The lowest BCUT2D eigenvalue weighted by Crippen LogP contribution is -2.47. The smallest absolute Gasteiger partial charge is 0.234 e. The van der Waals surface area contributed by atoms with Crippen LogP contribution >= 0.6 is 0 Å². The molecule has 1 rings (SSSR count). The van der Waals surface area contributed by atoms with Crippen molar-refractivity contribution in [3.8, 4) is 0 Å². The molecule has 0 bridgehead atoms. The number of carbonyl (C=O) groups excluding carboxylic acids is 1. The Morgan fingerprint density at radius 2 is 1.80 bits per heavy atom. The number of carbonyl (C=O) groups is 1. The van der Waals surface area contributed by atoms with Crippen molar-refractivity contribution in [2.45, 2.75) is 59.5 Å². The lowest BCUT2D eigenvalue weighted by atomic mass is 9.90.